The molecule has 4 nitrogen and oxygen atoms in total. The average molecular weight is 533 g/mol. The highest BCUT2D eigenvalue weighted by Gasteiger charge is 2.44. The third-order valence-electron chi connectivity index (χ3n) is 7.78. The summed E-state index contributed by atoms with van der Waals surface area (Å²) in [5, 5.41) is 9.67. The summed E-state index contributed by atoms with van der Waals surface area (Å²) in [7, 11) is -5.68. The molecule has 0 saturated carbocycles. The predicted octanol–water partition coefficient (Wildman–Crippen LogP) is 8.22. The van der Waals surface area contributed by atoms with Crippen LogP contribution in [0.25, 0.3) is 0 Å². The van der Waals surface area contributed by atoms with Crippen molar-refractivity contribution in [3.63, 3.8) is 0 Å². The van der Waals surface area contributed by atoms with Crippen molar-refractivity contribution in [3.8, 4) is 0 Å². The molecule has 0 saturated heterocycles. The summed E-state index contributed by atoms with van der Waals surface area (Å²) >= 11 is 0. The second-order valence-corrected chi connectivity index (χ2v) is 28.3. The van der Waals surface area contributed by atoms with Gasteiger partial charge in [0.15, 0.2) is 25.0 Å². The van der Waals surface area contributed by atoms with E-state index in [0.29, 0.717) is 0 Å². The van der Waals surface area contributed by atoms with Gasteiger partial charge in [0.2, 0.25) is 0 Å². The summed E-state index contributed by atoms with van der Waals surface area (Å²) < 4.78 is 20.7. The molecule has 0 fully saturated rings. The minimum atomic E-state index is -2.00. The zero-order valence-corrected chi connectivity index (χ0v) is 28.6. The van der Waals surface area contributed by atoms with Crippen molar-refractivity contribution in [2.45, 2.75) is 143 Å². The van der Waals surface area contributed by atoms with E-state index in [9.17, 15) is 5.11 Å². The van der Waals surface area contributed by atoms with Crippen LogP contribution in [0.5, 0.6) is 0 Å². The van der Waals surface area contributed by atoms with Crippen LogP contribution in [-0.2, 0) is 13.3 Å². The summed E-state index contributed by atoms with van der Waals surface area (Å²) in [4.78, 5) is 0. The second-order valence-electron chi connectivity index (χ2n) is 14.4. The molecule has 0 bridgehead atoms. The molecular formula is C27H60O4Si3. The van der Waals surface area contributed by atoms with E-state index in [1.54, 1.807) is 0 Å². The first-order valence-corrected chi connectivity index (χ1v) is 22.5. The Bertz CT molecular complexity index is 627. The average Bonchev–Trinajstić information content (AvgIpc) is 2.59. The van der Waals surface area contributed by atoms with Gasteiger partial charge < -0.3 is 18.4 Å². The monoisotopic (exact) mass is 532 g/mol. The Morgan fingerprint density at radius 2 is 1.18 bits per heavy atom. The van der Waals surface area contributed by atoms with Gasteiger partial charge in [0.05, 0.1) is 18.8 Å². The number of hydrogen-bond acceptors (Lipinski definition) is 4. The number of aliphatic hydroxyl groups is 1. The first-order valence-electron chi connectivity index (χ1n) is 13.3. The Morgan fingerprint density at radius 3 is 1.56 bits per heavy atom. The van der Waals surface area contributed by atoms with Gasteiger partial charge in [-0.15, -0.1) is 0 Å². The molecule has 34 heavy (non-hydrogen) atoms. The number of rotatable bonds is 13. The van der Waals surface area contributed by atoms with Gasteiger partial charge in [-0.2, -0.15) is 0 Å². The van der Waals surface area contributed by atoms with Gasteiger partial charge in [0.25, 0.3) is 0 Å². The van der Waals surface area contributed by atoms with Crippen LogP contribution in [0.1, 0.15) is 68.7 Å². The van der Waals surface area contributed by atoms with Gasteiger partial charge in [-0.1, -0.05) is 67.5 Å². The van der Waals surface area contributed by atoms with Crippen molar-refractivity contribution >= 4 is 25.0 Å². The molecule has 0 radical (unpaired) electrons. The van der Waals surface area contributed by atoms with Crippen molar-refractivity contribution in [3.05, 3.63) is 12.2 Å². The molecule has 0 unspecified atom stereocenters. The fraction of sp³-hybridized carbons (Fsp3) is 0.926. The zero-order valence-electron chi connectivity index (χ0n) is 25.6. The lowest BCUT2D eigenvalue weighted by Gasteiger charge is -2.45. The van der Waals surface area contributed by atoms with Crippen molar-refractivity contribution in [2.24, 2.45) is 11.8 Å². The van der Waals surface area contributed by atoms with Crippen molar-refractivity contribution in [1.29, 1.82) is 0 Å². The molecule has 0 amide bonds. The van der Waals surface area contributed by atoms with Crippen molar-refractivity contribution in [2.75, 3.05) is 6.61 Å². The Labute approximate surface area is 216 Å². The standard InChI is InChI=1S/C27H60O4Si3/c1-21(18-17-19-28)25(31-32(10,11)12)23(3)24(30-34(15,16)27(7,8)9)20-22(2)29-33(13,14)26(4,5)6/h17-18,21-25,28H,19-20H2,1-16H3/b18-17-/t21-,22+,23-,24-,25-/m0/s1. The van der Waals surface area contributed by atoms with Crippen LogP contribution in [-0.4, -0.2) is 55.0 Å². The lowest BCUT2D eigenvalue weighted by atomic mass is 9.87. The van der Waals surface area contributed by atoms with Gasteiger partial charge in [-0.3, -0.25) is 0 Å². The molecule has 5 atom stereocenters. The maximum absolute atomic E-state index is 9.36. The SMILES string of the molecule is C[C@H]([C@@H](O[Si](C)(C)C)[C@@H](C)/C=C\CO)[C@H](C[C@@H](C)O[Si](C)(C)C(C)(C)C)O[Si](C)(C)C(C)(C)C. The molecule has 0 aromatic heterocycles. The molecule has 0 aromatic rings. The molecule has 1 N–H and O–H groups in total. The summed E-state index contributed by atoms with van der Waals surface area (Å²) in [6.07, 6.45) is 5.00. The van der Waals surface area contributed by atoms with E-state index in [1.807, 2.05) is 6.08 Å². The lowest BCUT2D eigenvalue weighted by molar-refractivity contribution is -0.0000817. The highest BCUT2D eigenvalue weighted by molar-refractivity contribution is 6.74. The van der Waals surface area contributed by atoms with Crippen LogP contribution in [0.2, 0.25) is 55.9 Å². The minimum absolute atomic E-state index is 0.0318. The number of hydrogen-bond donors (Lipinski definition) is 1. The van der Waals surface area contributed by atoms with E-state index in [0.717, 1.165) is 6.42 Å². The zero-order chi connectivity index (χ0) is 27.3. The van der Waals surface area contributed by atoms with Crippen LogP contribution in [0.4, 0.5) is 0 Å². The van der Waals surface area contributed by atoms with Crippen LogP contribution in [0, 0.1) is 11.8 Å². The summed E-state index contributed by atoms with van der Waals surface area (Å²) in [6, 6.07) is 0. The molecular weight excluding hydrogens is 473 g/mol. The second kappa shape index (κ2) is 12.7. The largest absolute Gasteiger partial charge is 0.414 e. The summed E-state index contributed by atoms with van der Waals surface area (Å²) in [5.41, 5.74) is 0. The Kier molecular flexibility index (Phi) is 12.7. The Morgan fingerprint density at radius 1 is 0.735 bits per heavy atom. The highest BCUT2D eigenvalue weighted by atomic mass is 28.4. The van der Waals surface area contributed by atoms with Crippen LogP contribution < -0.4 is 0 Å². The van der Waals surface area contributed by atoms with Gasteiger partial charge in [0, 0.05) is 12.0 Å². The molecule has 0 aliphatic heterocycles. The quantitative estimate of drug-likeness (QED) is 0.192. The topological polar surface area (TPSA) is 47.9 Å². The first kappa shape index (κ1) is 34.2. The Hall–Kier alpha value is 0.231. The third-order valence-corrected chi connectivity index (χ3v) is 17.9. The molecule has 0 aliphatic carbocycles. The van der Waals surface area contributed by atoms with E-state index in [4.69, 9.17) is 13.3 Å². The molecule has 204 valence electrons. The molecule has 0 aliphatic rings. The van der Waals surface area contributed by atoms with Crippen LogP contribution >= 0.6 is 0 Å². The molecule has 0 aromatic carbocycles. The van der Waals surface area contributed by atoms with Gasteiger partial charge in [-0.25, -0.2) is 0 Å². The van der Waals surface area contributed by atoms with E-state index >= 15 is 0 Å². The molecule has 0 spiro atoms. The molecule has 0 heterocycles. The van der Waals surface area contributed by atoms with Crippen molar-refractivity contribution < 1.29 is 18.4 Å². The third kappa shape index (κ3) is 11.1. The van der Waals surface area contributed by atoms with E-state index in [-0.39, 0.29) is 46.8 Å². The fourth-order valence-corrected chi connectivity index (χ4v) is 7.80. The van der Waals surface area contributed by atoms with Gasteiger partial charge >= 0.3 is 0 Å². The van der Waals surface area contributed by atoms with Crippen LogP contribution in [0.3, 0.4) is 0 Å². The molecule has 7 heteroatoms. The van der Waals surface area contributed by atoms with E-state index in [2.05, 4.69) is 114 Å². The van der Waals surface area contributed by atoms with E-state index < -0.39 is 25.0 Å². The Balaban J connectivity index is 6.16. The van der Waals surface area contributed by atoms with Gasteiger partial charge in [0.1, 0.15) is 0 Å². The minimum Gasteiger partial charge on any atom is -0.414 e. The molecule has 0 rings (SSSR count). The first-order chi connectivity index (χ1) is 14.9. The van der Waals surface area contributed by atoms with Crippen molar-refractivity contribution in [1.82, 2.24) is 0 Å². The summed E-state index contributed by atoms with van der Waals surface area (Å²) in [6.45, 7) is 36.7. The van der Waals surface area contributed by atoms with Crippen LogP contribution in [0.15, 0.2) is 12.2 Å². The maximum Gasteiger partial charge on any atom is 0.192 e. The number of aliphatic hydroxyl groups excluding tert-OH is 1. The normalized spacial score (nSPS) is 19.2. The predicted molar refractivity (Wildman–Crippen MR) is 157 cm³/mol. The van der Waals surface area contributed by atoms with Gasteiger partial charge in [-0.05, 0) is 75.2 Å². The smallest absolute Gasteiger partial charge is 0.192 e. The summed E-state index contributed by atoms with van der Waals surface area (Å²) in [5.74, 6) is 0.390. The lowest BCUT2D eigenvalue weighted by Crippen LogP contribution is -2.51. The fourth-order valence-electron chi connectivity index (χ4n) is 3.68. The van der Waals surface area contributed by atoms with E-state index in [1.165, 1.54) is 0 Å². The highest BCUT2D eigenvalue weighted by Crippen LogP contribution is 2.41. The maximum atomic E-state index is 9.36.